The topological polar surface area (TPSA) is 30.5 Å². The highest BCUT2D eigenvalue weighted by Crippen LogP contribution is 2.38. The van der Waals surface area contributed by atoms with Crippen LogP contribution < -0.4 is 5.48 Å². The van der Waals surface area contributed by atoms with E-state index in [1.807, 2.05) is 30.0 Å². The van der Waals surface area contributed by atoms with Gasteiger partial charge in [0.1, 0.15) is 0 Å². The van der Waals surface area contributed by atoms with Crippen molar-refractivity contribution in [2.45, 2.75) is 37.5 Å². The quantitative estimate of drug-likeness (QED) is 0.859. The molecule has 0 radical (unpaired) electrons. The third kappa shape index (κ3) is 3.51. The molecule has 0 aliphatic carbocycles. The molecule has 2 aliphatic heterocycles. The summed E-state index contributed by atoms with van der Waals surface area (Å²) in [6.07, 6.45) is 3.31. The minimum atomic E-state index is 0.122. The summed E-state index contributed by atoms with van der Waals surface area (Å²) in [4.78, 5) is 5.65. The number of rotatable bonds is 4. The van der Waals surface area contributed by atoms with Gasteiger partial charge in [-0.3, -0.25) is 4.84 Å². The zero-order valence-electron chi connectivity index (χ0n) is 11.1. The van der Waals surface area contributed by atoms with Crippen LogP contribution in [0.25, 0.3) is 0 Å². The van der Waals surface area contributed by atoms with Gasteiger partial charge in [-0.15, -0.1) is 0 Å². The number of ether oxygens (including phenoxy) is 1. The largest absolute Gasteiger partial charge is 0.374 e. The highest BCUT2D eigenvalue weighted by Gasteiger charge is 2.40. The molecule has 1 aromatic rings. The number of hydroxylamine groups is 1. The Morgan fingerprint density at radius 3 is 3.05 bits per heavy atom. The molecular formula is C15H21NO2S. The van der Waals surface area contributed by atoms with Crippen molar-refractivity contribution >= 4 is 11.8 Å². The molecule has 1 aromatic carbocycles. The molecule has 0 amide bonds. The number of hydrogen-bond acceptors (Lipinski definition) is 4. The first kappa shape index (κ1) is 13.4. The van der Waals surface area contributed by atoms with Crippen LogP contribution in [0.1, 0.15) is 24.8 Å². The number of nitrogens with one attached hydrogen (secondary N) is 1. The van der Waals surface area contributed by atoms with Gasteiger partial charge in [-0.1, -0.05) is 30.3 Å². The first-order valence-electron chi connectivity index (χ1n) is 6.99. The number of benzene rings is 1. The Morgan fingerprint density at radius 2 is 2.26 bits per heavy atom. The summed E-state index contributed by atoms with van der Waals surface area (Å²) in [7, 11) is 0. The smallest absolute Gasteiger partial charge is 0.0933 e. The summed E-state index contributed by atoms with van der Waals surface area (Å²) in [6.45, 7) is 1.48. The third-order valence-electron chi connectivity index (χ3n) is 3.89. The van der Waals surface area contributed by atoms with Crippen LogP contribution >= 0.6 is 11.8 Å². The first-order valence-corrected chi connectivity index (χ1v) is 8.15. The maximum absolute atomic E-state index is 6.00. The molecule has 4 heteroatoms. The summed E-state index contributed by atoms with van der Waals surface area (Å²) in [5, 5.41) is 0. The predicted octanol–water partition coefficient (Wildman–Crippen LogP) is 2.76. The van der Waals surface area contributed by atoms with Crippen molar-refractivity contribution in [3.8, 4) is 0 Å². The molecule has 1 N–H and O–H groups in total. The molecule has 0 saturated carbocycles. The van der Waals surface area contributed by atoms with E-state index in [2.05, 4.69) is 17.6 Å². The highest BCUT2D eigenvalue weighted by atomic mass is 32.2. The zero-order valence-corrected chi connectivity index (χ0v) is 12.0. The lowest BCUT2D eigenvalue weighted by Crippen LogP contribution is -2.47. The molecule has 0 bridgehead atoms. The van der Waals surface area contributed by atoms with Gasteiger partial charge in [0.05, 0.1) is 12.2 Å². The van der Waals surface area contributed by atoms with Gasteiger partial charge in [0.25, 0.3) is 0 Å². The fourth-order valence-electron chi connectivity index (χ4n) is 2.81. The Hall–Kier alpha value is -0.550. The number of hydrogen-bond donors (Lipinski definition) is 1. The van der Waals surface area contributed by atoms with E-state index in [1.54, 1.807) is 0 Å². The van der Waals surface area contributed by atoms with Gasteiger partial charge in [0, 0.05) is 18.4 Å². The van der Waals surface area contributed by atoms with Crippen LogP contribution in [0.15, 0.2) is 30.3 Å². The Kier molecular flexibility index (Phi) is 4.43. The van der Waals surface area contributed by atoms with Crippen LogP contribution in [0.5, 0.6) is 0 Å². The molecule has 3 rings (SSSR count). The lowest BCUT2D eigenvalue weighted by atomic mass is 9.90. The minimum absolute atomic E-state index is 0.122. The molecule has 3 nitrogen and oxygen atoms in total. The molecular weight excluding hydrogens is 258 g/mol. The van der Waals surface area contributed by atoms with Crippen molar-refractivity contribution in [2.24, 2.45) is 0 Å². The third-order valence-corrected chi connectivity index (χ3v) is 5.11. The van der Waals surface area contributed by atoms with E-state index >= 15 is 0 Å². The molecule has 104 valence electrons. The molecule has 19 heavy (non-hydrogen) atoms. The van der Waals surface area contributed by atoms with E-state index < -0.39 is 0 Å². The Morgan fingerprint density at radius 1 is 1.37 bits per heavy atom. The summed E-state index contributed by atoms with van der Waals surface area (Å²) in [5.74, 6) is 2.38. The maximum atomic E-state index is 6.00. The second-order valence-corrected chi connectivity index (χ2v) is 6.52. The van der Waals surface area contributed by atoms with Crippen molar-refractivity contribution < 1.29 is 9.57 Å². The van der Waals surface area contributed by atoms with Crippen LogP contribution in [0.2, 0.25) is 0 Å². The van der Waals surface area contributed by atoms with Gasteiger partial charge in [0.15, 0.2) is 0 Å². The van der Waals surface area contributed by atoms with Crippen LogP contribution in [0, 0.1) is 0 Å². The summed E-state index contributed by atoms with van der Waals surface area (Å²) < 4.78 is 6.00. The molecule has 2 heterocycles. The molecule has 2 saturated heterocycles. The van der Waals surface area contributed by atoms with Crippen molar-refractivity contribution in [1.82, 2.24) is 5.48 Å². The van der Waals surface area contributed by atoms with Gasteiger partial charge < -0.3 is 4.74 Å². The van der Waals surface area contributed by atoms with Crippen LogP contribution in [0.3, 0.4) is 0 Å². The van der Waals surface area contributed by atoms with Gasteiger partial charge >= 0.3 is 0 Å². The SMILES string of the molecule is c1ccc(CONC2CCOC3(CCSC3)C2)cc1. The monoisotopic (exact) mass is 279 g/mol. The van der Waals surface area contributed by atoms with Crippen molar-refractivity contribution in [1.29, 1.82) is 0 Å². The average Bonchev–Trinajstić information content (AvgIpc) is 2.88. The van der Waals surface area contributed by atoms with Crippen LogP contribution in [-0.2, 0) is 16.2 Å². The molecule has 2 atom stereocenters. The molecule has 1 spiro atoms. The molecule has 2 aliphatic rings. The van der Waals surface area contributed by atoms with E-state index in [1.165, 1.54) is 17.7 Å². The van der Waals surface area contributed by atoms with Crippen molar-refractivity contribution in [3.63, 3.8) is 0 Å². The normalized spacial score (nSPS) is 30.8. The van der Waals surface area contributed by atoms with E-state index in [4.69, 9.17) is 9.57 Å². The lowest BCUT2D eigenvalue weighted by Gasteiger charge is -2.37. The summed E-state index contributed by atoms with van der Waals surface area (Å²) in [5.41, 5.74) is 4.56. The van der Waals surface area contributed by atoms with Gasteiger partial charge in [0.2, 0.25) is 0 Å². The average molecular weight is 279 g/mol. The second kappa shape index (κ2) is 6.27. The lowest BCUT2D eigenvalue weighted by molar-refractivity contribution is -0.101. The van der Waals surface area contributed by atoms with Gasteiger partial charge in [-0.05, 0) is 30.6 Å². The van der Waals surface area contributed by atoms with Crippen LogP contribution in [0.4, 0.5) is 0 Å². The fourth-order valence-corrected chi connectivity index (χ4v) is 4.19. The minimum Gasteiger partial charge on any atom is -0.374 e. The van der Waals surface area contributed by atoms with E-state index in [9.17, 15) is 0 Å². The van der Waals surface area contributed by atoms with E-state index in [0.29, 0.717) is 12.6 Å². The number of thioether (sulfide) groups is 1. The Bertz CT molecular complexity index is 392. The molecule has 2 fully saturated rings. The maximum Gasteiger partial charge on any atom is 0.0933 e. The summed E-state index contributed by atoms with van der Waals surface area (Å²) >= 11 is 2.01. The van der Waals surface area contributed by atoms with Gasteiger partial charge in [-0.25, -0.2) is 0 Å². The fraction of sp³-hybridized carbons (Fsp3) is 0.600. The van der Waals surface area contributed by atoms with Gasteiger partial charge in [-0.2, -0.15) is 17.2 Å². The Balaban J connectivity index is 1.45. The molecule has 0 aromatic heterocycles. The standard InChI is InChI=1S/C15H21NO2S/c1-2-4-13(5-3-1)11-18-16-14-6-8-17-15(10-14)7-9-19-12-15/h1-5,14,16H,6-12H2. The summed E-state index contributed by atoms with van der Waals surface area (Å²) in [6, 6.07) is 10.7. The molecule has 2 unspecified atom stereocenters. The Labute approximate surface area is 119 Å². The first-order chi connectivity index (χ1) is 9.36. The second-order valence-electron chi connectivity index (χ2n) is 5.42. The van der Waals surface area contributed by atoms with Crippen LogP contribution in [-0.4, -0.2) is 29.8 Å². The van der Waals surface area contributed by atoms with E-state index in [-0.39, 0.29) is 5.60 Å². The van der Waals surface area contributed by atoms with Crippen molar-refractivity contribution in [2.75, 3.05) is 18.1 Å². The van der Waals surface area contributed by atoms with Crippen molar-refractivity contribution in [3.05, 3.63) is 35.9 Å². The van der Waals surface area contributed by atoms with E-state index in [0.717, 1.165) is 25.2 Å². The highest BCUT2D eigenvalue weighted by molar-refractivity contribution is 7.99. The zero-order chi connectivity index (χ0) is 13.0. The predicted molar refractivity (Wildman–Crippen MR) is 78.0 cm³/mol.